The van der Waals surface area contributed by atoms with E-state index in [9.17, 15) is 38.3 Å². The van der Waals surface area contributed by atoms with E-state index in [1.54, 1.807) is 0 Å². The number of nitrogens with zero attached hydrogens (tertiary/aromatic N) is 4. The van der Waals surface area contributed by atoms with E-state index in [-0.39, 0.29) is 39.3 Å². The third kappa shape index (κ3) is 13.4. The minimum atomic E-state index is -4.33. The lowest BCUT2D eigenvalue weighted by atomic mass is 10.3. The van der Waals surface area contributed by atoms with E-state index in [0.717, 1.165) is 0 Å². The summed E-state index contributed by atoms with van der Waals surface area (Å²) in [5, 5.41) is 17.9. The van der Waals surface area contributed by atoms with Gasteiger partial charge in [0.25, 0.3) is 0 Å². The molecule has 30 heavy (non-hydrogen) atoms. The highest BCUT2D eigenvalue weighted by Gasteiger charge is 2.25. The van der Waals surface area contributed by atoms with Crippen LogP contribution in [0.5, 0.6) is 0 Å². The normalized spacial score (nSPS) is 18.7. The van der Waals surface area contributed by atoms with Gasteiger partial charge in [-0.1, -0.05) is 0 Å². The number of rotatable bonds is 11. The van der Waals surface area contributed by atoms with E-state index in [0.29, 0.717) is 13.1 Å². The molecule has 0 aromatic rings. The summed E-state index contributed by atoms with van der Waals surface area (Å²) in [5.74, 6) is -2.33. The molecule has 6 N–H and O–H groups in total. The Kier molecular flexibility index (Phi) is 11.0. The Morgan fingerprint density at radius 1 is 0.700 bits per heavy atom. The Labute approximate surface area is 174 Å². The van der Waals surface area contributed by atoms with Gasteiger partial charge in [-0.15, -0.1) is 0 Å². The summed E-state index contributed by atoms with van der Waals surface area (Å²) < 4.78 is 22.8. The Bertz CT molecular complexity index is 617. The van der Waals surface area contributed by atoms with Crippen molar-refractivity contribution in [3.05, 3.63) is 0 Å². The van der Waals surface area contributed by atoms with Crippen LogP contribution in [0.25, 0.3) is 0 Å². The molecule has 1 aliphatic heterocycles. The van der Waals surface area contributed by atoms with Crippen LogP contribution >= 0.6 is 15.2 Å². The fraction of sp³-hybridized carbons (Fsp3) is 0.857. The highest BCUT2D eigenvalue weighted by molar-refractivity contribution is 7.51. The highest BCUT2D eigenvalue weighted by atomic mass is 31.2. The summed E-state index contributed by atoms with van der Waals surface area (Å²) in [6.45, 7) is 1.26. The average Bonchev–Trinajstić information content (AvgIpc) is 2.61. The lowest BCUT2D eigenvalue weighted by Gasteiger charge is -2.28. The molecule has 0 radical (unpaired) electrons. The Hall–Kier alpha value is -0.920. The maximum atomic E-state index is 11.4. The van der Waals surface area contributed by atoms with Crippen molar-refractivity contribution in [2.45, 2.75) is 0 Å². The third-order valence-electron chi connectivity index (χ3n) is 4.42. The topological polar surface area (TPSA) is 203 Å². The first-order chi connectivity index (χ1) is 13.7. The zero-order valence-corrected chi connectivity index (χ0v) is 18.3. The minimum Gasteiger partial charge on any atom is -0.480 e. The highest BCUT2D eigenvalue weighted by Crippen LogP contribution is 2.36. The molecule has 0 unspecified atom stereocenters. The van der Waals surface area contributed by atoms with Gasteiger partial charge in [0, 0.05) is 52.4 Å². The van der Waals surface area contributed by atoms with Gasteiger partial charge in [0.05, 0.1) is 13.1 Å². The summed E-state index contributed by atoms with van der Waals surface area (Å²) in [5.41, 5.74) is 0. The number of carboxylic acid groups (broad SMARTS) is 2. The van der Waals surface area contributed by atoms with Crippen molar-refractivity contribution in [1.29, 1.82) is 0 Å². The molecule has 1 heterocycles. The third-order valence-corrected chi connectivity index (χ3v) is 5.95. The summed E-state index contributed by atoms with van der Waals surface area (Å²) in [6, 6.07) is 0. The first kappa shape index (κ1) is 27.1. The molecular formula is C14H30N4O10P2. The molecule has 1 rings (SSSR count). The lowest BCUT2D eigenvalue weighted by Crippen LogP contribution is -2.43. The molecule has 0 aromatic carbocycles. The van der Waals surface area contributed by atoms with Gasteiger partial charge in [-0.2, -0.15) is 0 Å². The fourth-order valence-corrected chi connectivity index (χ4v) is 4.70. The second-order valence-corrected chi connectivity index (χ2v) is 10.4. The predicted octanol–water partition coefficient (Wildman–Crippen LogP) is -2.35. The van der Waals surface area contributed by atoms with E-state index < -0.39 is 52.8 Å². The summed E-state index contributed by atoms with van der Waals surface area (Å²) >= 11 is 0. The molecule has 1 aliphatic rings. The molecular weight excluding hydrogens is 446 g/mol. The van der Waals surface area contributed by atoms with Crippen molar-refractivity contribution in [3.63, 3.8) is 0 Å². The standard InChI is InChI=1S/C14H30N4O10P2/c19-13(20)9-18(10-14(21)22)8-3-15-1-4-16(11-29(23,24)25)6-7-17(5-2-15)12-30(26,27)28/h1-12H2,(H,19,20)(H,21,22)(H2,23,24,25)(H2,26,27,28). The first-order valence-electron chi connectivity index (χ1n) is 9.15. The van der Waals surface area contributed by atoms with Gasteiger partial charge in [-0.3, -0.25) is 38.3 Å². The Morgan fingerprint density at radius 3 is 1.33 bits per heavy atom. The van der Waals surface area contributed by atoms with E-state index >= 15 is 0 Å². The van der Waals surface area contributed by atoms with Crippen molar-refractivity contribution in [3.8, 4) is 0 Å². The Morgan fingerprint density at radius 2 is 1.03 bits per heavy atom. The molecule has 0 aromatic heterocycles. The van der Waals surface area contributed by atoms with E-state index in [1.807, 2.05) is 4.90 Å². The maximum Gasteiger partial charge on any atom is 0.339 e. The van der Waals surface area contributed by atoms with Gasteiger partial charge in [-0.25, -0.2) is 0 Å². The zero-order chi connectivity index (χ0) is 22.9. The number of hydrogen-bond acceptors (Lipinski definition) is 8. The van der Waals surface area contributed by atoms with Crippen LogP contribution in [-0.2, 0) is 18.7 Å². The molecule has 0 atom stereocenters. The van der Waals surface area contributed by atoms with Crippen molar-refractivity contribution >= 4 is 27.1 Å². The summed E-state index contributed by atoms with van der Waals surface area (Å²) in [7, 11) is -8.66. The van der Waals surface area contributed by atoms with Gasteiger partial charge in [0.1, 0.15) is 12.6 Å². The Balaban J connectivity index is 2.82. The van der Waals surface area contributed by atoms with Gasteiger partial charge >= 0.3 is 27.1 Å². The smallest absolute Gasteiger partial charge is 0.339 e. The van der Waals surface area contributed by atoms with Crippen molar-refractivity contribution in [1.82, 2.24) is 19.6 Å². The molecule has 0 bridgehead atoms. The molecule has 0 aliphatic carbocycles. The van der Waals surface area contributed by atoms with Crippen molar-refractivity contribution in [2.75, 3.05) is 78.0 Å². The van der Waals surface area contributed by atoms with Crippen LogP contribution in [0.2, 0.25) is 0 Å². The lowest BCUT2D eigenvalue weighted by molar-refractivity contribution is -0.141. The van der Waals surface area contributed by atoms with Gasteiger partial charge in [-0.05, 0) is 0 Å². The largest absolute Gasteiger partial charge is 0.480 e. The molecule has 0 spiro atoms. The molecule has 16 heteroatoms. The van der Waals surface area contributed by atoms with E-state index in [2.05, 4.69) is 0 Å². The number of carbonyl (C=O) groups is 2. The van der Waals surface area contributed by atoms with Gasteiger partial charge < -0.3 is 29.8 Å². The average molecular weight is 476 g/mol. The van der Waals surface area contributed by atoms with Crippen LogP contribution in [0.1, 0.15) is 0 Å². The van der Waals surface area contributed by atoms with Crippen LogP contribution in [0.15, 0.2) is 0 Å². The van der Waals surface area contributed by atoms with Crippen LogP contribution in [0, 0.1) is 0 Å². The monoisotopic (exact) mass is 476 g/mol. The maximum absolute atomic E-state index is 11.4. The number of carboxylic acids is 2. The van der Waals surface area contributed by atoms with Crippen LogP contribution < -0.4 is 0 Å². The van der Waals surface area contributed by atoms with Crippen LogP contribution in [-0.4, -0.2) is 139 Å². The summed E-state index contributed by atoms with van der Waals surface area (Å²) in [6.07, 6.45) is -0.983. The van der Waals surface area contributed by atoms with Crippen molar-refractivity contribution < 1.29 is 48.5 Å². The molecule has 14 nitrogen and oxygen atoms in total. The molecule has 1 fully saturated rings. The quantitative estimate of drug-likeness (QED) is 0.173. The number of aliphatic carboxylic acids is 2. The van der Waals surface area contributed by atoms with E-state index in [1.165, 1.54) is 14.7 Å². The fourth-order valence-electron chi connectivity index (χ4n) is 3.09. The number of hydrogen-bond donors (Lipinski definition) is 6. The second-order valence-electron chi connectivity index (χ2n) is 7.19. The van der Waals surface area contributed by atoms with Gasteiger partial charge in [0.15, 0.2) is 0 Å². The van der Waals surface area contributed by atoms with Crippen LogP contribution in [0.4, 0.5) is 0 Å². The van der Waals surface area contributed by atoms with Gasteiger partial charge in [0.2, 0.25) is 0 Å². The van der Waals surface area contributed by atoms with Crippen LogP contribution in [0.3, 0.4) is 0 Å². The van der Waals surface area contributed by atoms with Crippen molar-refractivity contribution in [2.24, 2.45) is 0 Å². The molecule has 0 saturated carbocycles. The first-order valence-corrected chi connectivity index (χ1v) is 12.8. The minimum absolute atomic E-state index is 0.135. The molecule has 0 amide bonds. The van der Waals surface area contributed by atoms with E-state index in [4.69, 9.17) is 10.2 Å². The zero-order valence-electron chi connectivity index (χ0n) is 16.5. The SMILES string of the molecule is O=C(O)CN(CCN1CCN(CP(=O)(O)O)CCN(CP(=O)(O)O)CC1)CC(=O)O. The summed E-state index contributed by atoms with van der Waals surface area (Å²) in [4.78, 5) is 65.0. The molecule has 176 valence electrons. The predicted molar refractivity (Wildman–Crippen MR) is 105 cm³/mol. The second kappa shape index (κ2) is 12.2. The molecule has 1 saturated heterocycles.